The predicted molar refractivity (Wildman–Crippen MR) is 61.1 cm³/mol. The van der Waals surface area contributed by atoms with Crippen molar-refractivity contribution in [3.05, 3.63) is 65.7 Å². The fraction of sp³-hybridized carbons (Fsp3) is 0.0769. The summed E-state index contributed by atoms with van der Waals surface area (Å²) in [6.45, 7) is 0. The normalized spacial score (nSPS) is 22.9. The highest BCUT2D eigenvalue weighted by molar-refractivity contribution is 7.87. The summed E-state index contributed by atoms with van der Waals surface area (Å²) in [4.78, 5) is 0.992. The lowest BCUT2D eigenvalue weighted by atomic mass is 10.0. The molecule has 1 aliphatic heterocycles. The first-order valence-electron chi connectivity index (χ1n) is 4.92. The van der Waals surface area contributed by atoms with Crippen LogP contribution in [-0.4, -0.2) is 4.21 Å². The van der Waals surface area contributed by atoms with Crippen molar-refractivity contribution in [2.75, 3.05) is 0 Å². The van der Waals surface area contributed by atoms with Crippen LogP contribution in [0.3, 0.4) is 0 Å². The van der Waals surface area contributed by atoms with Crippen molar-refractivity contribution in [2.45, 2.75) is 10.1 Å². The Labute approximate surface area is 91.2 Å². The molecule has 0 saturated carbocycles. The van der Waals surface area contributed by atoms with Crippen molar-refractivity contribution in [3.8, 4) is 0 Å². The fourth-order valence-electron chi connectivity index (χ4n) is 2.00. The molecule has 0 aliphatic carbocycles. The van der Waals surface area contributed by atoms with E-state index in [1.54, 1.807) is 0 Å². The molecule has 0 N–H and O–H groups in total. The SMILES string of the molecule is O=S1c2ccccc2C1c1ccccc1. The molecule has 0 bridgehead atoms. The third kappa shape index (κ3) is 1.25. The van der Waals surface area contributed by atoms with Gasteiger partial charge in [0, 0.05) is 4.90 Å². The maximum absolute atomic E-state index is 12.0. The van der Waals surface area contributed by atoms with Crippen LogP contribution in [0, 0.1) is 0 Å². The number of benzene rings is 2. The van der Waals surface area contributed by atoms with Gasteiger partial charge in [-0.15, -0.1) is 0 Å². The van der Waals surface area contributed by atoms with Crippen LogP contribution in [0.25, 0.3) is 0 Å². The molecule has 2 unspecified atom stereocenters. The molecule has 1 heterocycles. The van der Waals surface area contributed by atoms with Gasteiger partial charge in [-0.25, -0.2) is 0 Å². The van der Waals surface area contributed by atoms with E-state index in [9.17, 15) is 4.21 Å². The van der Waals surface area contributed by atoms with E-state index in [2.05, 4.69) is 6.07 Å². The molecule has 0 aromatic heterocycles. The topological polar surface area (TPSA) is 17.1 Å². The van der Waals surface area contributed by atoms with E-state index in [0.29, 0.717) is 0 Å². The van der Waals surface area contributed by atoms with Gasteiger partial charge in [0.05, 0.1) is 16.0 Å². The Morgan fingerprint density at radius 2 is 1.53 bits per heavy atom. The van der Waals surface area contributed by atoms with Crippen LogP contribution in [0.5, 0.6) is 0 Å². The average molecular weight is 214 g/mol. The molecule has 0 radical (unpaired) electrons. The highest BCUT2D eigenvalue weighted by Gasteiger charge is 2.35. The summed E-state index contributed by atoms with van der Waals surface area (Å²) in [7, 11) is -0.856. The molecule has 0 fully saturated rings. The van der Waals surface area contributed by atoms with Crippen LogP contribution in [-0.2, 0) is 10.8 Å². The van der Waals surface area contributed by atoms with Crippen LogP contribution in [0.15, 0.2) is 59.5 Å². The van der Waals surface area contributed by atoms with Crippen molar-refractivity contribution in [1.82, 2.24) is 0 Å². The summed E-state index contributed by atoms with van der Waals surface area (Å²) >= 11 is 0. The number of rotatable bonds is 1. The predicted octanol–water partition coefficient (Wildman–Crippen LogP) is 2.90. The second kappa shape index (κ2) is 3.31. The average Bonchev–Trinajstić information content (AvgIpc) is 2.30. The largest absolute Gasteiger partial charge is 0.253 e. The Bertz CT molecular complexity index is 519. The van der Waals surface area contributed by atoms with Gasteiger partial charge < -0.3 is 0 Å². The minimum Gasteiger partial charge on any atom is -0.253 e. The summed E-state index contributed by atoms with van der Waals surface area (Å²) in [6, 6.07) is 18.0. The van der Waals surface area contributed by atoms with Crippen LogP contribution in [0.4, 0.5) is 0 Å². The van der Waals surface area contributed by atoms with Crippen molar-refractivity contribution in [3.63, 3.8) is 0 Å². The van der Waals surface area contributed by atoms with E-state index in [0.717, 1.165) is 10.5 Å². The monoisotopic (exact) mass is 214 g/mol. The van der Waals surface area contributed by atoms with Crippen LogP contribution < -0.4 is 0 Å². The Hall–Kier alpha value is -1.41. The van der Waals surface area contributed by atoms with Gasteiger partial charge in [-0.2, -0.15) is 0 Å². The van der Waals surface area contributed by atoms with E-state index >= 15 is 0 Å². The second-order valence-electron chi connectivity index (χ2n) is 3.63. The standard InChI is InChI=1S/C13H10OS/c14-15-12-9-5-4-8-11(12)13(15)10-6-2-1-3-7-10/h1-9,13H. The number of hydrogen-bond donors (Lipinski definition) is 0. The first kappa shape index (κ1) is 8.86. The molecule has 2 heteroatoms. The third-order valence-corrected chi connectivity index (χ3v) is 4.49. The maximum atomic E-state index is 12.0. The molecule has 0 amide bonds. The van der Waals surface area contributed by atoms with Crippen molar-refractivity contribution < 1.29 is 4.21 Å². The maximum Gasteiger partial charge on any atom is 0.0905 e. The van der Waals surface area contributed by atoms with Crippen LogP contribution in [0.1, 0.15) is 16.4 Å². The van der Waals surface area contributed by atoms with Gasteiger partial charge in [-0.3, -0.25) is 4.21 Å². The van der Waals surface area contributed by atoms with Gasteiger partial charge in [0.25, 0.3) is 0 Å². The first-order valence-corrected chi connectivity index (χ1v) is 6.13. The summed E-state index contributed by atoms with van der Waals surface area (Å²) < 4.78 is 12.0. The molecule has 2 atom stereocenters. The van der Waals surface area contributed by atoms with Gasteiger partial charge in [0.15, 0.2) is 0 Å². The molecule has 0 saturated heterocycles. The second-order valence-corrected chi connectivity index (χ2v) is 5.13. The smallest absolute Gasteiger partial charge is 0.0905 e. The molecule has 74 valence electrons. The molecule has 15 heavy (non-hydrogen) atoms. The summed E-state index contributed by atoms with van der Waals surface area (Å²) in [5, 5.41) is 0.0856. The lowest BCUT2D eigenvalue weighted by Gasteiger charge is -2.29. The van der Waals surface area contributed by atoms with Crippen LogP contribution in [0.2, 0.25) is 0 Å². The van der Waals surface area contributed by atoms with Gasteiger partial charge in [0.2, 0.25) is 0 Å². The van der Waals surface area contributed by atoms with E-state index in [-0.39, 0.29) is 5.25 Å². The summed E-state index contributed by atoms with van der Waals surface area (Å²) in [5.41, 5.74) is 2.36. The minimum atomic E-state index is -0.856. The molecule has 0 spiro atoms. The summed E-state index contributed by atoms with van der Waals surface area (Å²) in [5.74, 6) is 0. The zero-order valence-electron chi connectivity index (χ0n) is 8.09. The highest BCUT2D eigenvalue weighted by atomic mass is 32.2. The quantitative estimate of drug-likeness (QED) is 0.713. The van der Waals surface area contributed by atoms with E-state index in [1.807, 2.05) is 48.5 Å². The zero-order chi connectivity index (χ0) is 10.3. The lowest BCUT2D eigenvalue weighted by Crippen LogP contribution is -2.21. The molecule has 2 aromatic rings. The molecule has 3 rings (SSSR count). The van der Waals surface area contributed by atoms with E-state index in [4.69, 9.17) is 0 Å². The van der Waals surface area contributed by atoms with E-state index in [1.165, 1.54) is 5.56 Å². The van der Waals surface area contributed by atoms with Crippen molar-refractivity contribution >= 4 is 10.8 Å². The Balaban J connectivity index is 2.10. The van der Waals surface area contributed by atoms with Crippen LogP contribution >= 0.6 is 0 Å². The molecular formula is C13H10OS. The minimum absolute atomic E-state index is 0.0856. The lowest BCUT2D eigenvalue weighted by molar-refractivity contribution is 0.668. The fourth-order valence-corrected chi connectivity index (χ4v) is 3.53. The molecule has 1 aliphatic rings. The number of hydrogen-bond acceptors (Lipinski definition) is 1. The molecule has 1 nitrogen and oxygen atoms in total. The van der Waals surface area contributed by atoms with Crippen molar-refractivity contribution in [1.29, 1.82) is 0 Å². The Kier molecular flexibility index (Phi) is 1.96. The third-order valence-electron chi connectivity index (χ3n) is 2.73. The van der Waals surface area contributed by atoms with Crippen molar-refractivity contribution in [2.24, 2.45) is 0 Å². The summed E-state index contributed by atoms with van der Waals surface area (Å²) in [6.07, 6.45) is 0. The Morgan fingerprint density at radius 1 is 0.867 bits per heavy atom. The Morgan fingerprint density at radius 3 is 2.33 bits per heavy atom. The van der Waals surface area contributed by atoms with Gasteiger partial charge in [0.1, 0.15) is 0 Å². The van der Waals surface area contributed by atoms with Gasteiger partial charge in [-0.1, -0.05) is 48.5 Å². The zero-order valence-corrected chi connectivity index (χ0v) is 8.91. The highest BCUT2D eigenvalue weighted by Crippen LogP contribution is 2.43. The molecular weight excluding hydrogens is 204 g/mol. The van der Waals surface area contributed by atoms with E-state index < -0.39 is 10.8 Å². The molecule has 2 aromatic carbocycles. The first-order chi connectivity index (χ1) is 7.38. The van der Waals surface area contributed by atoms with Gasteiger partial charge in [-0.05, 0) is 17.2 Å². The number of fused-ring (bicyclic) bond motifs is 1. The van der Waals surface area contributed by atoms with Gasteiger partial charge >= 0.3 is 0 Å².